The number of rotatable bonds is 3. The zero-order valence-corrected chi connectivity index (χ0v) is 11.4. The fourth-order valence-corrected chi connectivity index (χ4v) is 2.52. The molecule has 1 rings (SSSR count). The van der Waals surface area contributed by atoms with Gasteiger partial charge in [-0.15, -0.1) is 0 Å². The third kappa shape index (κ3) is 3.02. The van der Waals surface area contributed by atoms with E-state index in [4.69, 9.17) is 0 Å². The SMILES string of the molecule is COC(=O)Cc1c(Br)cc([N+](=O)[O-])cc1Br. The number of nitro groups is 1. The molecule has 0 atom stereocenters. The van der Waals surface area contributed by atoms with E-state index >= 15 is 0 Å². The first-order valence-electron chi connectivity index (χ1n) is 4.15. The molecule has 0 radical (unpaired) electrons. The molecule has 0 N–H and O–H groups in total. The van der Waals surface area contributed by atoms with E-state index in [1.54, 1.807) is 0 Å². The molecule has 0 aliphatic carbocycles. The van der Waals surface area contributed by atoms with Crippen molar-refractivity contribution in [2.24, 2.45) is 0 Å². The lowest BCUT2D eigenvalue weighted by atomic mass is 10.1. The molecule has 1 aromatic rings. The second-order valence-electron chi connectivity index (χ2n) is 2.90. The lowest BCUT2D eigenvalue weighted by Crippen LogP contribution is -2.06. The fraction of sp³-hybridized carbons (Fsp3) is 0.222. The molecule has 0 spiro atoms. The topological polar surface area (TPSA) is 69.4 Å². The molecule has 0 saturated heterocycles. The summed E-state index contributed by atoms with van der Waals surface area (Å²) in [4.78, 5) is 21.2. The molecule has 0 bridgehead atoms. The molecule has 0 amide bonds. The van der Waals surface area contributed by atoms with Crippen molar-refractivity contribution in [3.63, 3.8) is 0 Å². The minimum atomic E-state index is -0.503. The van der Waals surface area contributed by atoms with Crippen LogP contribution in [0.5, 0.6) is 0 Å². The Morgan fingerprint density at radius 2 is 1.94 bits per heavy atom. The highest BCUT2D eigenvalue weighted by atomic mass is 79.9. The number of hydrogen-bond donors (Lipinski definition) is 0. The molecular weight excluding hydrogens is 346 g/mol. The monoisotopic (exact) mass is 351 g/mol. The van der Waals surface area contributed by atoms with Crippen molar-refractivity contribution in [2.45, 2.75) is 6.42 Å². The maximum atomic E-state index is 11.1. The predicted molar refractivity (Wildman–Crippen MR) is 64.2 cm³/mol. The quantitative estimate of drug-likeness (QED) is 0.476. The smallest absolute Gasteiger partial charge is 0.310 e. The number of methoxy groups -OCH3 is 1. The van der Waals surface area contributed by atoms with Crippen LogP contribution in [0.25, 0.3) is 0 Å². The Morgan fingerprint density at radius 3 is 2.31 bits per heavy atom. The summed E-state index contributed by atoms with van der Waals surface area (Å²) >= 11 is 6.36. The van der Waals surface area contributed by atoms with Gasteiger partial charge in [0.05, 0.1) is 18.5 Å². The number of carbonyl (C=O) groups excluding carboxylic acids is 1. The van der Waals surface area contributed by atoms with Crippen molar-refractivity contribution in [1.82, 2.24) is 0 Å². The summed E-state index contributed by atoms with van der Waals surface area (Å²) in [7, 11) is 1.29. The fourth-order valence-electron chi connectivity index (χ4n) is 1.08. The Balaban J connectivity index is 3.12. The zero-order valence-electron chi connectivity index (χ0n) is 8.20. The molecule has 0 unspecified atom stereocenters. The molecule has 0 heterocycles. The van der Waals surface area contributed by atoms with Crippen LogP contribution in [0.2, 0.25) is 0 Å². The number of ether oxygens (including phenoxy) is 1. The van der Waals surface area contributed by atoms with Gasteiger partial charge in [-0.25, -0.2) is 0 Å². The normalized spacial score (nSPS) is 9.94. The lowest BCUT2D eigenvalue weighted by Gasteiger charge is -2.06. The molecule has 16 heavy (non-hydrogen) atoms. The highest BCUT2D eigenvalue weighted by Crippen LogP contribution is 2.31. The highest BCUT2D eigenvalue weighted by Gasteiger charge is 2.16. The van der Waals surface area contributed by atoms with Gasteiger partial charge in [0.15, 0.2) is 0 Å². The van der Waals surface area contributed by atoms with Crippen LogP contribution in [0, 0.1) is 10.1 Å². The molecule has 0 saturated carbocycles. The van der Waals surface area contributed by atoms with Crippen LogP contribution in [0.4, 0.5) is 5.69 Å². The first kappa shape index (κ1) is 13.1. The van der Waals surface area contributed by atoms with E-state index < -0.39 is 10.9 Å². The summed E-state index contributed by atoms with van der Waals surface area (Å²) in [5.41, 5.74) is 0.574. The Hall–Kier alpha value is -0.950. The number of carbonyl (C=O) groups is 1. The van der Waals surface area contributed by atoms with Crippen LogP contribution in [-0.2, 0) is 16.0 Å². The van der Waals surface area contributed by atoms with E-state index in [2.05, 4.69) is 36.6 Å². The van der Waals surface area contributed by atoms with E-state index in [1.165, 1.54) is 19.2 Å². The van der Waals surface area contributed by atoms with Crippen molar-refractivity contribution < 1.29 is 14.5 Å². The molecule has 1 aromatic carbocycles. The summed E-state index contributed by atoms with van der Waals surface area (Å²) in [5.74, 6) is -0.407. The minimum Gasteiger partial charge on any atom is -0.469 e. The van der Waals surface area contributed by atoms with Gasteiger partial charge >= 0.3 is 5.97 Å². The van der Waals surface area contributed by atoms with Crippen LogP contribution >= 0.6 is 31.9 Å². The molecule has 86 valence electrons. The molecule has 0 aliphatic heterocycles. The van der Waals surface area contributed by atoms with Gasteiger partial charge in [-0.05, 0) is 5.56 Å². The maximum absolute atomic E-state index is 11.1. The van der Waals surface area contributed by atoms with E-state index in [-0.39, 0.29) is 12.1 Å². The van der Waals surface area contributed by atoms with Crippen molar-refractivity contribution in [2.75, 3.05) is 7.11 Å². The molecule has 7 heteroatoms. The largest absolute Gasteiger partial charge is 0.469 e. The molecule has 0 aromatic heterocycles. The van der Waals surface area contributed by atoms with E-state index in [0.717, 1.165) is 0 Å². The molecular formula is C9H7Br2NO4. The van der Waals surface area contributed by atoms with Crippen molar-refractivity contribution >= 4 is 43.5 Å². The maximum Gasteiger partial charge on any atom is 0.310 e. The zero-order chi connectivity index (χ0) is 12.3. The molecule has 5 nitrogen and oxygen atoms in total. The number of nitro benzene ring substituents is 1. The summed E-state index contributed by atoms with van der Waals surface area (Å²) in [6, 6.07) is 2.70. The third-order valence-electron chi connectivity index (χ3n) is 1.89. The number of halogens is 2. The van der Waals surface area contributed by atoms with E-state index in [0.29, 0.717) is 14.5 Å². The van der Waals surface area contributed by atoms with Crippen LogP contribution < -0.4 is 0 Å². The first-order chi connectivity index (χ1) is 7.45. The van der Waals surface area contributed by atoms with Gasteiger partial charge in [-0.1, -0.05) is 31.9 Å². The second-order valence-corrected chi connectivity index (χ2v) is 4.61. The summed E-state index contributed by atoms with van der Waals surface area (Å²) in [5, 5.41) is 10.6. The average molecular weight is 353 g/mol. The molecule has 0 fully saturated rings. The van der Waals surface area contributed by atoms with Gasteiger partial charge in [0.25, 0.3) is 5.69 Å². The lowest BCUT2D eigenvalue weighted by molar-refractivity contribution is -0.385. The van der Waals surface area contributed by atoms with Gasteiger partial charge in [-0.2, -0.15) is 0 Å². The molecule has 0 aliphatic rings. The Labute approximate surface area is 108 Å². The number of hydrogen-bond acceptors (Lipinski definition) is 4. The Morgan fingerprint density at radius 1 is 1.44 bits per heavy atom. The second kappa shape index (κ2) is 5.40. The van der Waals surface area contributed by atoms with Crippen LogP contribution in [0.3, 0.4) is 0 Å². The van der Waals surface area contributed by atoms with Gasteiger partial charge < -0.3 is 4.74 Å². The van der Waals surface area contributed by atoms with Crippen molar-refractivity contribution in [3.8, 4) is 0 Å². The predicted octanol–water partition coefficient (Wildman–Crippen LogP) is 2.84. The summed E-state index contributed by atoms with van der Waals surface area (Å²) in [6.07, 6.45) is 0.0513. The van der Waals surface area contributed by atoms with Gasteiger partial charge in [0.1, 0.15) is 0 Å². The van der Waals surface area contributed by atoms with Crippen LogP contribution in [0.1, 0.15) is 5.56 Å². The standard InChI is InChI=1S/C9H7Br2NO4/c1-16-9(13)4-6-7(10)2-5(12(14)15)3-8(6)11/h2-3H,4H2,1H3. The number of non-ortho nitro benzene ring substituents is 1. The average Bonchev–Trinajstić information content (AvgIpc) is 2.22. The number of nitrogens with zero attached hydrogens (tertiary/aromatic N) is 1. The van der Waals surface area contributed by atoms with Gasteiger partial charge in [0, 0.05) is 21.1 Å². The van der Waals surface area contributed by atoms with Crippen molar-refractivity contribution in [1.29, 1.82) is 0 Å². The summed E-state index contributed by atoms with van der Waals surface area (Å²) in [6.45, 7) is 0. The van der Waals surface area contributed by atoms with Crippen LogP contribution in [-0.4, -0.2) is 18.0 Å². The Bertz CT molecular complexity index is 424. The van der Waals surface area contributed by atoms with Crippen molar-refractivity contribution in [3.05, 3.63) is 36.8 Å². The number of benzene rings is 1. The van der Waals surface area contributed by atoms with Gasteiger partial charge in [-0.3, -0.25) is 14.9 Å². The van der Waals surface area contributed by atoms with E-state index in [9.17, 15) is 14.9 Å². The van der Waals surface area contributed by atoms with E-state index in [1.807, 2.05) is 0 Å². The minimum absolute atomic E-state index is 0.0487. The van der Waals surface area contributed by atoms with Crippen LogP contribution in [0.15, 0.2) is 21.1 Å². The summed E-state index contributed by atoms with van der Waals surface area (Å²) < 4.78 is 5.53. The highest BCUT2D eigenvalue weighted by molar-refractivity contribution is 9.11. The third-order valence-corrected chi connectivity index (χ3v) is 3.30. The first-order valence-corrected chi connectivity index (χ1v) is 5.73. The Kier molecular flexibility index (Phi) is 4.43. The van der Waals surface area contributed by atoms with Gasteiger partial charge in [0.2, 0.25) is 0 Å². The number of esters is 1.